The molecule has 1 saturated carbocycles. The van der Waals surface area contributed by atoms with Crippen molar-refractivity contribution >= 4 is 35.8 Å². The number of rotatable bonds is 12. The van der Waals surface area contributed by atoms with Crippen molar-refractivity contribution in [3.05, 3.63) is 29.8 Å². The van der Waals surface area contributed by atoms with Crippen LogP contribution in [0.2, 0.25) is 0 Å². The third-order valence-electron chi connectivity index (χ3n) is 5.60. The minimum Gasteiger partial charge on any atom is -0.508 e. The van der Waals surface area contributed by atoms with Gasteiger partial charge >= 0.3 is 0 Å². The Hall–Kier alpha value is -1.55. The van der Waals surface area contributed by atoms with Crippen LogP contribution in [0.15, 0.2) is 29.3 Å². The number of nitrogens with one attached hydrogen (secondary N) is 3. The highest BCUT2D eigenvalue weighted by Crippen LogP contribution is 2.41. The number of carbonyl (C=O) groups is 1. The minimum atomic E-state index is -0.177. The SMILES string of the molecule is CCNC(=NCC1(CCOCC)CCCC1)NCCCNC(=O)c1cccc(O)c1.I. The second-order valence-corrected chi connectivity index (χ2v) is 7.94. The van der Waals surface area contributed by atoms with Gasteiger partial charge in [-0.15, -0.1) is 24.0 Å². The molecule has 31 heavy (non-hydrogen) atoms. The van der Waals surface area contributed by atoms with Crippen LogP contribution in [0.25, 0.3) is 0 Å². The molecule has 0 aliphatic heterocycles. The fourth-order valence-corrected chi connectivity index (χ4v) is 3.88. The van der Waals surface area contributed by atoms with Crippen LogP contribution in [0.3, 0.4) is 0 Å². The van der Waals surface area contributed by atoms with Crippen molar-refractivity contribution in [2.24, 2.45) is 10.4 Å². The molecule has 0 atom stereocenters. The Bertz CT molecular complexity index is 679. The predicted molar refractivity (Wildman–Crippen MR) is 136 cm³/mol. The van der Waals surface area contributed by atoms with Crippen LogP contribution in [-0.4, -0.2) is 56.4 Å². The average molecular weight is 546 g/mol. The molecule has 1 aliphatic carbocycles. The van der Waals surface area contributed by atoms with E-state index in [1.807, 2.05) is 6.92 Å². The van der Waals surface area contributed by atoms with Gasteiger partial charge in [0.05, 0.1) is 0 Å². The van der Waals surface area contributed by atoms with Crippen LogP contribution in [0.4, 0.5) is 0 Å². The van der Waals surface area contributed by atoms with E-state index in [4.69, 9.17) is 9.73 Å². The number of carbonyl (C=O) groups excluding carboxylic acids is 1. The Morgan fingerprint density at radius 1 is 1.16 bits per heavy atom. The molecule has 4 N–H and O–H groups in total. The molecule has 0 radical (unpaired) electrons. The van der Waals surface area contributed by atoms with Crippen LogP contribution < -0.4 is 16.0 Å². The number of guanidine groups is 1. The molecule has 0 unspecified atom stereocenters. The van der Waals surface area contributed by atoms with E-state index in [1.165, 1.54) is 31.7 Å². The Balaban J connectivity index is 0.00000480. The molecule has 1 amide bonds. The van der Waals surface area contributed by atoms with Gasteiger partial charge in [0.15, 0.2) is 5.96 Å². The van der Waals surface area contributed by atoms with E-state index in [2.05, 4.69) is 22.9 Å². The predicted octanol–water partition coefficient (Wildman–Crippen LogP) is 3.67. The lowest BCUT2D eigenvalue weighted by Crippen LogP contribution is -2.39. The molecular formula is C23H39IN4O3. The molecule has 8 heteroatoms. The molecule has 0 spiro atoms. The second kappa shape index (κ2) is 15.3. The van der Waals surface area contributed by atoms with Gasteiger partial charge in [0, 0.05) is 45.0 Å². The number of phenolic OH excluding ortho intramolecular Hbond substituents is 1. The summed E-state index contributed by atoms with van der Waals surface area (Å²) in [6, 6.07) is 6.37. The Labute approximate surface area is 203 Å². The molecule has 7 nitrogen and oxygen atoms in total. The Morgan fingerprint density at radius 2 is 1.90 bits per heavy atom. The number of amides is 1. The van der Waals surface area contributed by atoms with E-state index < -0.39 is 0 Å². The van der Waals surface area contributed by atoms with Crippen molar-refractivity contribution in [3.63, 3.8) is 0 Å². The molecule has 0 heterocycles. The second-order valence-electron chi connectivity index (χ2n) is 7.94. The monoisotopic (exact) mass is 546 g/mol. The van der Waals surface area contributed by atoms with E-state index in [9.17, 15) is 9.90 Å². The quantitative estimate of drug-likeness (QED) is 0.139. The van der Waals surface area contributed by atoms with Crippen molar-refractivity contribution in [3.8, 4) is 5.75 Å². The van der Waals surface area contributed by atoms with E-state index in [0.717, 1.165) is 51.6 Å². The molecular weight excluding hydrogens is 507 g/mol. The smallest absolute Gasteiger partial charge is 0.251 e. The Morgan fingerprint density at radius 3 is 2.58 bits per heavy atom. The summed E-state index contributed by atoms with van der Waals surface area (Å²) in [5, 5.41) is 19.0. The van der Waals surface area contributed by atoms with Crippen LogP contribution in [-0.2, 0) is 4.74 Å². The van der Waals surface area contributed by atoms with Gasteiger partial charge in [-0.2, -0.15) is 0 Å². The van der Waals surface area contributed by atoms with Crippen LogP contribution >= 0.6 is 24.0 Å². The number of hydrogen-bond acceptors (Lipinski definition) is 4. The number of aromatic hydroxyl groups is 1. The Kier molecular flexibility index (Phi) is 13.6. The zero-order chi connectivity index (χ0) is 21.7. The van der Waals surface area contributed by atoms with Gasteiger partial charge in [0.1, 0.15) is 5.75 Å². The summed E-state index contributed by atoms with van der Waals surface area (Å²) in [6.45, 7) is 8.60. The van der Waals surface area contributed by atoms with E-state index in [0.29, 0.717) is 12.1 Å². The standard InChI is InChI=1S/C23H38N4O3.HI/c1-3-24-22(27-18-23(11-5-6-12-23)13-16-30-4-2)26-15-8-14-25-21(29)19-9-7-10-20(28)17-19;/h7,9-10,17,28H,3-6,8,11-16,18H2,1-2H3,(H,25,29)(H2,24,26,27);1H. The lowest BCUT2D eigenvalue weighted by Gasteiger charge is -2.27. The largest absolute Gasteiger partial charge is 0.508 e. The zero-order valence-electron chi connectivity index (χ0n) is 18.9. The number of hydrogen-bond donors (Lipinski definition) is 4. The lowest BCUT2D eigenvalue weighted by atomic mass is 9.83. The number of halogens is 1. The van der Waals surface area contributed by atoms with Gasteiger partial charge in [-0.1, -0.05) is 18.9 Å². The summed E-state index contributed by atoms with van der Waals surface area (Å²) in [4.78, 5) is 17.0. The molecule has 1 aromatic rings. The van der Waals surface area contributed by atoms with Crippen molar-refractivity contribution in [1.82, 2.24) is 16.0 Å². The molecule has 0 saturated heterocycles. The third kappa shape index (κ3) is 10.1. The van der Waals surface area contributed by atoms with Crippen molar-refractivity contribution in [1.29, 1.82) is 0 Å². The molecule has 1 fully saturated rings. The molecule has 0 aromatic heterocycles. The third-order valence-corrected chi connectivity index (χ3v) is 5.60. The van der Waals surface area contributed by atoms with Gasteiger partial charge in [-0.3, -0.25) is 9.79 Å². The van der Waals surface area contributed by atoms with Gasteiger partial charge in [0.2, 0.25) is 0 Å². The fourth-order valence-electron chi connectivity index (χ4n) is 3.88. The van der Waals surface area contributed by atoms with E-state index in [1.54, 1.807) is 18.2 Å². The highest BCUT2D eigenvalue weighted by Gasteiger charge is 2.33. The zero-order valence-corrected chi connectivity index (χ0v) is 21.2. The molecule has 1 aromatic carbocycles. The summed E-state index contributed by atoms with van der Waals surface area (Å²) in [5.74, 6) is 0.751. The van der Waals surface area contributed by atoms with E-state index >= 15 is 0 Å². The van der Waals surface area contributed by atoms with Gasteiger partial charge in [-0.05, 0) is 63.1 Å². The van der Waals surface area contributed by atoms with Crippen molar-refractivity contribution in [2.75, 3.05) is 39.4 Å². The molecule has 2 rings (SSSR count). The van der Waals surface area contributed by atoms with Crippen LogP contribution in [0, 0.1) is 5.41 Å². The number of aliphatic imine (C=N–C) groups is 1. The van der Waals surface area contributed by atoms with Crippen molar-refractivity contribution < 1.29 is 14.6 Å². The van der Waals surface area contributed by atoms with Gasteiger partial charge in [0.25, 0.3) is 5.91 Å². The first-order valence-electron chi connectivity index (χ1n) is 11.3. The topological polar surface area (TPSA) is 95.0 Å². The van der Waals surface area contributed by atoms with E-state index in [-0.39, 0.29) is 41.0 Å². The van der Waals surface area contributed by atoms with Crippen LogP contribution in [0.1, 0.15) is 62.7 Å². The summed E-state index contributed by atoms with van der Waals surface area (Å²) < 4.78 is 5.60. The number of phenols is 1. The van der Waals surface area contributed by atoms with Crippen LogP contribution in [0.5, 0.6) is 5.75 Å². The number of nitrogens with zero attached hydrogens (tertiary/aromatic N) is 1. The first kappa shape index (κ1) is 27.5. The summed E-state index contributed by atoms with van der Waals surface area (Å²) >= 11 is 0. The highest BCUT2D eigenvalue weighted by molar-refractivity contribution is 14.0. The normalized spacial score (nSPS) is 15.2. The molecule has 1 aliphatic rings. The van der Waals surface area contributed by atoms with Gasteiger partial charge < -0.3 is 25.8 Å². The summed E-state index contributed by atoms with van der Waals surface area (Å²) in [7, 11) is 0. The maximum Gasteiger partial charge on any atom is 0.251 e. The van der Waals surface area contributed by atoms with Crippen molar-refractivity contribution in [2.45, 2.75) is 52.4 Å². The minimum absolute atomic E-state index is 0. The number of benzene rings is 1. The summed E-state index contributed by atoms with van der Waals surface area (Å²) in [6.07, 6.45) is 6.87. The first-order chi connectivity index (χ1) is 14.6. The fraction of sp³-hybridized carbons (Fsp3) is 0.652. The first-order valence-corrected chi connectivity index (χ1v) is 11.3. The lowest BCUT2D eigenvalue weighted by molar-refractivity contribution is 0.0953. The van der Waals surface area contributed by atoms with Gasteiger partial charge in [-0.25, -0.2) is 0 Å². The highest BCUT2D eigenvalue weighted by atomic mass is 127. The average Bonchev–Trinajstić information content (AvgIpc) is 3.21. The molecule has 176 valence electrons. The maximum atomic E-state index is 12.1. The number of ether oxygens (including phenoxy) is 1. The summed E-state index contributed by atoms with van der Waals surface area (Å²) in [5.41, 5.74) is 0.735. The maximum absolute atomic E-state index is 12.1. The molecule has 0 bridgehead atoms.